The summed E-state index contributed by atoms with van der Waals surface area (Å²) >= 11 is 0. The number of hydrogen-bond acceptors (Lipinski definition) is 6. The number of piperidine rings is 1. The average Bonchev–Trinajstić information content (AvgIpc) is 3.37. The quantitative estimate of drug-likeness (QED) is 0.736. The molecule has 4 aliphatic rings. The molecular formula is C23H31N3O4. The van der Waals surface area contributed by atoms with Crippen LogP contribution in [-0.2, 0) is 16.1 Å². The number of aliphatic hydroxyl groups is 1. The predicted octanol–water partition coefficient (Wildman–Crippen LogP) is 2.08. The van der Waals surface area contributed by atoms with Crippen molar-refractivity contribution < 1.29 is 19.4 Å². The van der Waals surface area contributed by atoms with E-state index in [1.165, 1.54) is 45.2 Å². The summed E-state index contributed by atoms with van der Waals surface area (Å²) in [5.41, 5.74) is 1.82. The maximum absolute atomic E-state index is 12.3. The summed E-state index contributed by atoms with van der Waals surface area (Å²) in [5, 5.41) is 13.2. The van der Waals surface area contributed by atoms with Gasteiger partial charge < -0.3 is 9.84 Å². The van der Waals surface area contributed by atoms with Crippen LogP contribution in [0.2, 0.25) is 0 Å². The van der Waals surface area contributed by atoms with E-state index in [0.717, 1.165) is 23.3 Å². The highest BCUT2D eigenvalue weighted by Crippen LogP contribution is 2.38. The minimum atomic E-state index is -0.829. The van der Waals surface area contributed by atoms with E-state index in [4.69, 9.17) is 4.74 Å². The minimum Gasteiger partial charge on any atom is -0.489 e. The van der Waals surface area contributed by atoms with Gasteiger partial charge in [-0.2, -0.15) is 0 Å². The molecule has 7 heteroatoms. The molecule has 1 saturated carbocycles. The minimum absolute atomic E-state index is 0.215. The number of aliphatic hydroxyl groups excluding tert-OH is 1. The van der Waals surface area contributed by atoms with Gasteiger partial charge in [-0.15, -0.1) is 0 Å². The van der Waals surface area contributed by atoms with Crippen LogP contribution in [0, 0.1) is 0 Å². The highest BCUT2D eigenvalue weighted by Gasteiger charge is 2.40. The fourth-order valence-electron chi connectivity index (χ4n) is 5.67. The van der Waals surface area contributed by atoms with Gasteiger partial charge in [0.15, 0.2) is 0 Å². The predicted molar refractivity (Wildman–Crippen MR) is 111 cm³/mol. The maximum atomic E-state index is 12.3. The number of amides is 2. The molecule has 1 aliphatic carbocycles. The number of carbonyl (C=O) groups is 2. The molecule has 0 bridgehead atoms. The number of nitrogens with zero attached hydrogens (tertiary/aromatic N) is 2. The van der Waals surface area contributed by atoms with Gasteiger partial charge in [0.2, 0.25) is 11.8 Å². The van der Waals surface area contributed by atoms with Crippen LogP contribution in [-0.4, -0.2) is 58.0 Å². The van der Waals surface area contributed by atoms with Crippen molar-refractivity contribution in [2.24, 2.45) is 0 Å². The van der Waals surface area contributed by atoms with Gasteiger partial charge in [-0.25, -0.2) is 0 Å². The van der Waals surface area contributed by atoms with Crippen molar-refractivity contribution in [1.82, 2.24) is 15.1 Å². The Hall–Kier alpha value is -1.96. The first-order valence-electron chi connectivity index (χ1n) is 11.4. The molecule has 3 aliphatic heterocycles. The number of rotatable bonds is 4. The monoisotopic (exact) mass is 413 g/mol. The first kappa shape index (κ1) is 20.0. The zero-order chi connectivity index (χ0) is 20.7. The molecule has 1 aromatic carbocycles. The normalized spacial score (nSPS) is 32.8. The van der Waals surface area contributed by atoms with Crippen LogP contribution in [0.25, 0.3) is 0 Å². The largest absolute Gasteiger partial charge is 0.489 e. The highest BCUT2D eigenvalue weighted by atomic mass is 16.5. The van der Waals surface area contributed by atoms with Crippen molar-refractivity contribution in [3.05, 3.63) is 29.3 Å². The Morgan fingerprint density at radius 2 is 1.83 bits per heavy atom. The zero-order valence-corrected chi connectivity index (χ0v) is 17.4. The molecule has 2 unspecified atom stereocenters. The third kappa shape index (κ3) is 3.74. The number of carbonyl (C=O) groups excluding carboxylic acids is 2. The molecule has 2 N–H and O–H groups in total. The molecule has 3 fully saturated rings. The Bertz CT molecular complexity index is 823. The maximum Gasteiger partial charge on any atom is 0.244 e. The molecule has 0 spiro atoms. The number of benzene rings is 1. The third-order valence-electron chi connectivity index (χ3n) is 7.23. The summed E-state index contributed by atoms with van der Waals surface area (Å²) < 4.78 is 6.49. The molecule has 0 radical (unpaired) electrons. The number of hydrogen-bond donors (Lipinski definition) is 2. The molecule has 5 rings (SSSR count). The van der Waals surface area contributed by atoms with Gasteiger partial charge in [0.05, 0.1) is 6.04 Å². The van der Waals surface area contributed by atoms with Gasteiger partial charge in [0.1, 0.15) is 18.1 Å². The topological polar surface area (TPSA) is 82.1 Å². The van der Waals surface area contributed by atoms with Gasteiger partial charge in [-0.05, 0) is 69.3 Å². The van der Waals surface area contributed by atoms with E-state index >= 15 is 0 Å². The van der Waals surface area contributed by atoms with Crippen LogP contribution >= 0.6 is 0 Å². The lowest BCUT2D eigenvalue weighted by atomic mass is 9.91. The Balaban J connectivity index is 1.30. The Morgan fingerprint density at radius 1 is 1.03 bits per heavy atom. The molecule has 1 aromatic rings. The molecule has 0 aromatic heterocycles. The third-order valence-corrected chi connectivity index (χ3v) is 7.23. The molecule has 2 amide bonds. The average molecular weight is 414 g/mol. The zero-order valence-electron chi connectivity index (χ0n) is 17.4. The first-order valence-corrected chi connectivity index (χ1v) is 11.4. The Kier molecular flexibility index (Phi) is 5.52. The van der Waals surface area contributed by atoms with Crippen LogP contribution in [0.4, 0.5) is 0 Å². The van der Waals surface area contributed by atoms with Crippen molar-refractivity contribution in [1.29, 1.82) is 0 Å². The van der Waals surface area contributed by atoms with Crippen LogP contribution < -0.4 is 10.1 Å². The summed E-state index contributed by atoms with van der Waals surface area (Å²) in [4.78, 5) is 28.1. The number of ether oxygens (including phenoxy) is 1. The fraction of sp³-hybridized carbons (Fsp3) is 0.652. The number of likely N-dealkylation sites (tertiary alicyclic amines) is 1. The Morgan fingerprint density at radius 3 is 2.63 bits per heavy atom. The molecule has 4 atom stereocenters. The van der Waals surface area contributed by atoms with E-state index < -0.39 is 12.3 Å². The highest BCUT2D eigenvalue weighted by molar-refractivity contribution is 6.00. The van der Waals surface area contributed by atoms with E-state index in [-0.39, 0.29) is 17.9 Å². The van der Waals surface area contributed by atoms with Crippen LogP contribution in [0.5, 0.6) is 5.75 Å². The van der Waals surface area contributed by atoms with E-state index in [2.05, 4.69) is 10.2 Å². The van der Waals surface area contributed by atoms with Crippen molar-refractivity contribution in [3.8, 4) is 5.75 Å². The lowest BCUT2D eigenvalue weighted by Crippen LogP contribution is -2.51. The molecule has 7 nitrogen and oxygen atoms in total. The standard InChI is InChI=1S/C23H31N3O4/c27-21-10-9-19(22(28)24-21)26-14-15-13-16(7-8-17(15)23(26)29)30-20-6-2-1-5-18(20)25-11-3-4-12-25/h7-8,13,18-20,23,29H,1-6,9-12,14H2,(H,24,27,28)/t18-,19?,20+,23?/m1/s1. The lowest BCUT2D eigenvalue weighted by molar-refractivity contribution is -0.141. The van der Waals surface area contributed by atoms with Crippen molar-refractivity contribution in [2.75, 3.05) is 13.1 Å². The van der Waals surface area contributed by atoms with Crippen molar-refractivity contribution >= 4 is 11.8 Å². The first-order chi connectivity index (χ1) is 14.6. The number of fused-ring (bicyclic) bond motifs is 1. The molecule has 2 saturated heterocycles. The van der Waals surface area contributed by atoms with Gasteiger partial charge in [-0.1, -0.05) is 12.5 Å². The van der Waals surface area contributed by atoms with Gasteiger partial charge in [-0.3, -0.25) is 24.7 Å². The van der Waals surface area contributed by atoms with Gasteiger partial charge >= 0.3 is 0 Å². The lowest BCUT2D eigenvalue weighted by Gasteiger charge is -2.37. The van der Waals surface area contributed by atoms with E-state index in [1.54, 1.807) is 4.90 Å². The second-order valence-corrected chi connectivity index (χ2v) is 9.12. The smallest absolute Gasteiger partial charge is 0.244 e. The summed E-state index contributed by atoms with van der Waals surface area (Å²) in [5.74, 6) is 0.297. The second kappa shape index (κ2) is 8.29. The molecule has 162 valence electrons. The molecule has 3 heterocycles. The van der Waals surface area contributed by atoms with E-state index in [1.807, 2.05) is 18.2 Å². The molecule has 30 heavy (non-hydrogen) atoms. The van der Waals surface area contributed by atoms with E-state index in [9.17, 15) is 14.7 Å². The Labute approximate surface area is 177 Å². The summed E-state index contributed by atoms with van der Waals surface area (Å²) in [6.07, 6.45) is 7.49. The van der Waals surface area contributed by atoms with Crippen LogP contribution in [0.1, 0.15) is 68.7 Å². The van der Waals surface area contributed by atoms with Crippen LogP contribution in [0.3, 0.4) is 0 Å². The summed E-state index contributed by atoms with van der Waals surface area (Å²) in [7, 11) is 0. The SMILES string of the molecule is O=C1CCC(N2Cc3cc(O[C@H]4CCCC[C@H]4N4CCCC4)ccc3C2O)C(=O)N1. The number of nitrogens with one attached hydrogen (secondary N) is 1. The van der Waals surface area contributed by atoms with E-state index in [0.29, 0.717) is 25.4 Å². The summed E-state index contributed by atoms with van der Waals surface area (Å²) in [6, 6.07) is 5.92. The number of imide groups is 1. The van der Waals surface area contributed by atoms with Crippen molar-refractivity contribution in [2.45, 2.75) is 82.3 Å². The van der Waals surface area contributed by atoms with Gasteiger partial charge in [0.25, 0.3) is 0 Å². The van der Waals surface area contributed by atoms with Crippen LogP contribution in [0.15, 0.2) is 18.2 Å². The summed E-state index contributed by atoms with van der Waals surface area (Å²) in [6.45, 7) is 2.85. The second-order valence-electron chi connectivity index (χ2n) is 9.12. The fourth-order valence-corrected chi connectivity index (χ4v) is 5.67. The molecular weight excluding hydrogens is 382 g/mol. The van der Waals surface area contributed by atoms with Gasteiger partial charge in [0, 0.05) is 24.6 Å². The van der Waals surface area contributed by atoms with Crippen molar-refractivity contribution in [3.63, 3.8) is 0 Å².